The Morgan fingerprint density at radius 3 is 2.69 bits per heavy atom. The van der Waals surface area contributed by atoms with Crippen LogP contribution in [0.2, 0.25) is 0 Å². The molecular weight excluding hydrogens is 164 g/mol. The second kappa shape index (κ2) is 2.60. The SMILES string of the molecule is CC1(C)C(=CC(=O)O)[C@H]2CC[C@H]1C2. The Balaban J connectivity index is 2.34. The van der Waals surface area contributed by atoms with Crippen molar-refractivity contribution in [2.45, 2.75) is 33.1 Å². The average molecular weight is 180 g/mol. The minimum Gasteiger partial charge on any atom is -0.478 e. The molecule has 2 heteroatoms. The van der Waals surface area contributed by atoms with Crippen LogP contribution >= 0.6 is 0 Å². The summed E-state index contributed by atoms with van der Waals surface area (Å²) in [6.07, 6.45) is 5.15. The van der Waals surface area contributed by atoms with E-state index in [-0.39, 0.29) is 5.41 Å². The van der Waals surface area contributed by atoms with Crippen LogP contribution in [0.5, 0.6) is 0 Å². The normalized spacial score (nSPS) is 38.5. The Hall–Kier alpha value is -0.790. The van der Waals surface area contributed by atoms with E-state index in [1.54, 1.807) is 0 Å². The van der Waals surface area contributed by atoms with E-state index in [0.717, 1.165) is 5.92 Å². The Bertz CT molecular complexity index is 276. The van der Waals surface area contributed by atoms with Gasteiger partial charge < -0.3 is 5.11 Å². The van der Waals surface area contributed by atoms with Crippen molar-refractivity contribution in [3.8, 4) is 0 Å². The van der Waals surface area contributed by atoms with E-state index < -0.39 is 5.97 Å². The van der Waals surface area contributed by atoms with Crippen LogP contribution in [0, 0.1) is 17.3 Å². The second-order valence-electron chi connectivity index (χ2n) is 4.87. The molecule has 2 rings (SSSR count). The summed E-state index contributed by atoms with van der Waals surface area (Å²) in [5, 5.41) is 8.76. The van der Waals surface area contributed by atoms with Gasteiger partial charge in [-0.2, -0.15) is 0 Å². The maximum atomic E-state index is 10.6. The zero-order chi connectivity index (χ0) is 9.64. The zero-order valence-electron chi connectivity index (χ0n) is 8.21. The summed E-state index contributed by atoms with van der Waals surface area (Å²) in [6.45, 7) is 4.37. The van der Waals surface area contributed by atoms with E-state index in [1.165, 1.54) is 30.9 Å². The molecule has 0 radical (unpaired) electrons. The van der Waals surface area contributed by atoms with Gasteiger partial charge >= 0.3 is 5.97 Å². The highest BCUT2D eigenvalue weighted by molar-refractivity contribution is 5.81. The maximum Gasteiger partial charge on any atom is 0.328 e. The third kappa shape index (κ3) is 1.19. The van der Waals surface area contributed by atoms with Crippen molar-refractivity contribution in [2.75, 3.05) is 0 Å². The highest BCUT2D eigenvalue weighted by Crippen LogP contribution is 2.58. The van der Waals surface area contributed by atoms with E-state index in [2.05, 4.69) is 13.8 Å². The lowest BCUT2D eigenvalue weighted by molar-refractivity contribution is -0.131. The lowest BCUT2D eigenvalue weighted by Crippen LogP contribution is -2.23. The molecule has 2 nitrogen and oxygen atoms in total. The molecule has 0 aliphatic heterocycles. The first-order chi connectivity index (χ1) is 6.01. The zero-order valence-corrected chi connectivity index (χ0v) is 8.21. The fourth-order valence-corrected chi connectivity index (χ4v) is 3.12. The number of fused-ring (bicyclic) bond motifs is 2. The van der Waals surface area contributed by atoms with Gasteiger partial charge in [-0.3, -0.25) is 0 Å². The summed E-state index contributed by atoms with van der Waals surface area (Å²) in [7, 11) is 0. The topological polar surface area (TPSA) is 37.3 Å². The first kappa shape index (κ1) is 8.79. The van der Waals surface area contributed by atoms with Crippen molar-refractivity contribution in [2.24, 2.45) is 17.3 Å². The monoisotopic (exact) mass is 180 g/mol. The molecule has 2 atom stereocenters. The first-order valence-electron chi connectivity index (χ1n) is 4.97. The fraction of sp³-hybridized carbons (Fsp3) is 0.727. The summed E-state index contributed by atoms with van der Waals surface area (Å²) in [5.41, 5.74) is 1.32. The molecule has 72 valence electrons. The standard InChI is InChI=1S/C11H16O2/c1-11(2)8-4-3-7(5-8)9(11)6-10(12)13/h6-8H,3-5H2,1-2H3,(H,12,13)/t7-,8-/m0/s1. The van der Waals surface area contributed by atoms with E-state index >= 15 is 0 Å². The lowest BCUT2D eigenvalue weighted by Gasteiger charge is -2.32. The molecule has 0 aromatic heterocycles. The van der Waals surface area contributed by atoms with E-state index in [4.69, 9.17) is 5.11 Å². The highest BCUT2D eigenvalue weighted by atomic mass is 16.4. The molecular formula is C11H16O2. The molecule has 0 aromatic rings. The number of hydrogen-bond donors (Lipinski definition) is 1. The molecule has 13 heavy (non-hydrogen) atoms. The van der Waals surface area contributed by atoms with E-state index in [9.17, 15) is 4.79 Å². The molecule has 0 aromatic carbocycles. The highest BCUT2D eigenvalue weighted by Gasteiger charge is 2.48. The minimum absolute atomic E-state index is 0.140. The number of aliphatic carboxylic acids is 1. The molecule has 0 heterocycles. The van der Waals surface area contributed by atoms with Crippen LogP contribution < -0.4 is 0 Å². The molecule has 0 spiro atoms. The summed E-state index contributed by atoms with van der Waals surface area (Å²) in [6, 6.07) is 0. The third-order valence-corrected chi connectivity index (χ3v) is 3.92. The number of rotatable bonds is 1. The maximum absolute atomic E-state index is 10.6. The van der Waals surface area contributed by atoms with E-state index in [0.29, 0.717) is 5.92 Å². The fourth-order valence-electron chi connectivity index (χ4n) is 3.12. The molecule has 2 fully saturated rings. The first-order valence-corrected chi connectivity index (χ1v) is 4.97. The molecule has 1 N–H and O–H groups in total. The van der Waals surface area contributed by atoms with Crippen molar-refractivity contribution in [3.05, 3.63) is 11.6 Å². The average Bonchev–Trinajstić information content (AvgIpc) is 2.53. The number of carboxylic acid groups (broad SMARTS) is 1. The van der Waals surface area contributed by atoms with E-state index in [1.807, 2.05) is 0 Å². The van der Waals surface area contributed by atoms with Gasteiger partial charge in [0.25, 0.3) is 0 Å². The van der Waals surface area contributed by atoms with Crippen molar-refractivity contribution < 1.29 is 9.90 Å². The smallest absolute Gasteiger partial charge is 0.328 e. The molecule has 2 aliphatic rings. The van der Waals surface area contributed by atoms with Crippen LogP contribution in [0.1, 0.15) is 33.1 Å². The predicted molar refractivity (Wildman–Crippen MR) is 50.3 cm³/mol. The van der Waals surface area contributed by atoms with Gasteiger partial charge in [0.05, 0.1) is 0 Å². The number of hydrogen-bond acceptors (Lipinski definition) is 1. The Morgan fingerprint density at radius 1 is 1.54 bits per heavy atom. The van der Waals surface area contributed by atoms with Crippen LogP contribution in [0.3, 0.4) is 0 Å². The van der Waals surface area contributed by atoms with Crippen LogP contribution in [0.25, 0.3) is 0 Å². The summed E-state index contributed by atoms with van der Waals surface area (Å²) < 4.78 is 0. The number of carboxylic acids is 1. The summed E-state index contributed by atoms with van der Waals surface area (Å²) in [5.74, 6) is 0.509. The summed E-state index contributed by atoms with van der Waals surface area (Å²) >= 11 is 0. The minimum atomic E-state index is -0.782. The van der Waals surface area contributed by atoms with Gasteiger partial charge in [0.1, 0.15) is 0 Å². The van der Waals surface area contributed by atoms with Gasteiger partial charge in [0.15, 0.2) is 0 Å². The van der Waals surface area contributed by atoms with Crippen LogP contribution in [0.4, 0.5) is 0 Å². The molecule has 0 saturated heterocycles. The Morgan fingerprint density at radius 2 is 2.23 bits per heavy atom. The van der Waals surface area contributed by atoms with Gasteiger partial charge in [-0.05, 0) is 36.5 Å². The van der Waals surface area contributed by atoms with Crippen molar-refractivity contribution in [1.82, 2.24) is 0 Å². The molecule has 2 saturated carbocycles. The number of carbonyl (C=O) groups is 1. The van der Waals surface area contributed by atoms with Crippen LogP contribution in [0.15, 0.2) is 11.6 Å². The quantitative estimate of drug-likeness (QED) is 0.629. The molecule has 0 unspecified atom stereocenters. The van der Waals surface area contributed by atoms with Gasteiger partial charge in [-0.1, -0.05) is 19.4 Å². The van der Waals surface area contributed by atoms with Crippen LogP contribution in [-0.2, 0) is 4.79 Å². The molecule has 2 aliphatic carbocycles. The lowest BCUT2D eigenvalue weighted by atomic mass is 9.73. The predicted octanol–water partition coefficient (Wildman–Crippen LogP) is 2.45. The van der Waals surface area contributed by atoms with Crippen LogP contribution in [-0.4, -0.2) is 11.1 Å². The molecule has 2 bridgehead atoms. The van der Waals surface area contributed by atoms with Crippen molar-refractivity contribution in [1.29, 1.82) is 0 Å². The van der Waals surface area contributed by atoms with Crippen molar-refractivity contribution >= 4 is 5.97 Å². The summed E-state index contributed by atoms with van der Waals surface area (Å²) in [4.78, 5) is 10.6. The van der Waals surface area contributed by atoms with Gasteiger partial charge in [0.2, 0.25) is 0 Å². The van der Waals surface area contributed by atoms with Gasteiger partial charge in [0, 0.05) is 6.08 Å². The second-order valence-corrected chi connectivity index (χ2v) is 4.87. The largest absolute Gasteiger partial charge is 0.478 e. The third-order valence-electron chi connectivity index (χ3n) is 3.92. The van der Waals surface area contributed by atoms with Gasteiger partial charge in [-0.15, -0.1) is 0 Å². The number of allylic oxidation sites excluding steroid dienone is 1. The van der Waals surface area contributed by atoms with Gasteiger partial charge in [-0.25, -0.2) is 4.79 Å². The Labute approximate surface area is 78.6 Å². The van der Waals surface area contributed by atoms with Crippen molar-refractivity contribution in [3.63, 3.8) is 0 Å². The molecule has 0 amide bonds. The Kier molecular flexibility index (Phi) is 1.76.